The molecule has 0 saturated carbocycles. The van der Waals surface area contributed by atoms with Crippen molar-refractivity contribution < 1.29 is 4.79 Å². The molecule has 1 fully saturated rings. The standard InChI is InChI=1S/C16H25N3O.2ClH/c1-13(17-2)11-18-16(20)15-7-5-6-14(10-15)12-19-8-3-4-9-19;;/h5-7,10,13,17H,3-4,8-9,11-12H2,1-2H3,(H,18,20);2*1H. The van der Waals surface area contributed by atoms with Gasteiger partial charge in [0, 0.05) is 24.7 Å². The number of likely N-dealkylation sites (tertiary alicyclic amines) is 1. The number of carbonyl (C=O) groups excluding carboxylic acids is 1. The van der Waals surface area contributed by atoms with Crippen molar-refractivity contribution in [3.8, 4) is 0 Å². The third kappa shape index (κ3) is 6.53. The van der Waals surface area contributed by atoms with Crippen LogP contribution >= 0.6 is 24.8 Å². The fraction of sp³-hybridized carbons (Fsp3) is 0.562. The first-order valence-corrected chi connectivity index (χ1v) is 7.46. The number of amides is 1. The maximum atomic E-state index is 12.1. The minimum absolute atomic E-state index is 0. The van der Waals surface area contributed by atoms with E-state index >= 15 is 0 Å². The summed E-state index contributed by atoms with van der Waals surface area (Å²) in [6.45, 7) is 6.00. The molecule has 4 nitrogen and oxygen atoms in total. The second-order valence-electron chi connectivity index (χ2n) is 5.58. The van der Waals surface area contributed by atoms with Crippen LogP contribution in [0.15, 0.2) is 24.3 Å². The number of likely N-dealkylation sites (N-methyl/N-ethyl adjacent to an activating group) is 1. The molecule has 0 aromatic heterocycles. The number of benzene rings is 1. The molecule has 1 unspecified atom stereocenters. The van der Waals surface area contributed by atoms with Gasteiger partial charge in [0.2, 0.25) is 0 Å². The van der Waals surface area contributed by atoms with Crippen LogP contribution in [0.2, 0.25) is 0 Å². The van der Waals surface area contributed by atoms with Gasteiger partial charge in [-0.05, 0) is 57.6 Å². The van der Waals surface area contributed by atoms with Crippen LogP contribution in [0.3, 0.4) is 0 Å². The lowest BCUT2D eigenvalue weighted by Gasteiger charge is -2.15. The lowest BCUT2D eigenvalue weighted by atomic mass is 10.1. The van der Waals surface area contributed by atoms with Crippen molar-refractivity contribution >= 4 is 30.7 Å². The Morgan fingerprint density at radius 2 is 1.95 bits per heavy atom. The molecular formula is C16H27Cl2N3O. The summed E-state index contributed by atoms with van der Waals surface area (Å²) in [5, 5.41) is 6.07. The van der Waals surface area contributed by atoms with Crippen LogP contribution < -0.4 is 10.6 Å². The third-order valence-corrected chi connectivity index (χ3v) is 3.86. The van der Waals surface area contributed by atoms with Gasteiger partial charge in [0.25, 0.3) is 5.91 Å². The van der Waals surface area contributed by atoms with Crippen LogP contribution in [0.5, 0.6) is 0 Å². The van der Waals surface area contributed by atoms with Crippen molar-refractivity contribution in [2.75, 3.05) is 26.7 Å². The van der Waals surface area contributed by atoms with E-state index in [-0.39, 0.29) is 36.8 Å². The summed E-state index contributed by atoms with van der Waals surface area (Å²) < 4.78 is 0. The van der Waals surface area contributed by atoms with Crippen LogP contribution in [-0.4, -0.2) is 43.5 Å². The van der Waals surface area contributed by atoms with Crippen LogP contribution in [0.4, 0.5) is 0 Å². The second-order valence-corrected chi connectivity index (χ2v) is 5.58. The number of halogens is 2. The molecule has 22 heavy (non-hydrogen) atoms. The maximum Gasteiger partial charge on any atom is 0.251 e. The van der Waals surface area contributed by atoms with Gasteiger partial charge in [-0.25, -0.2) is 0 Å². The topological polar surface area (TPSA) is 44.4 Å². The van der Waals surface area contributed by atoms with Gasteiger partial charge in [0.05, 0.1) is 0 Å². The number of nitrogens with one attached hydrogen (secondary N) is 2. The summed E-state index contributed by atoms with van der Waals surface area (Å²) in [7, 11) is 1.90. The highest BCUT2D eigenvalue weighted by Crippen LogP contribution is 2.13. The predicted octanol–water partition coefficient (Wildman–Crippen LogP) is 2.46. The van der Waals surface area contributed by atoms with Crippen molar-refractivity contribution in [2.45, 2.75) is 32.4 Å². The first-order chi connectivity index (χ1) is 9.69. The Hall–Kier alpha value is -0.810. The third-order valence-electron chi connectivity index (χ3n) is 3.86. The number of hydrogen-bond acceptors (Lipinski definition) is 3. The first-order valence-electron chi connectivity index (χ1n) is 7.46. The van der Waals surface area contributed by atoms with Gasteiger partial charge in [-0.1, -0.05) is 12.1 Å². The monoisotopic (exact) mass is 347 g/mol. The summed E-state index contributed by atoms with van der Waals surface area (Å²) in [4.78, 5) is 14.5. The molecule has 0 spiro atoms. The Balaban J connectivity index is 0.00000220. The molecule has 1 saturated heterocycles. The van der Waals surface area contributed by atoms with Gasteiger partial charge in [-0.2, -0.15) is 0 Å². The Kier molecular flexibility index (Phi) is 10.4. The SMILES string of the molecule is CNC(C)CNC(=O)c1cccc(CN2CCCC2)c1.Cl.Cl. The second kappa shape index (κ2) is 10.8. The van der Waals surface area contributed by atoms with Gasteiger partial charge >= 0.3 is 0 Å². The molecular weight excluding hydrogens is 321 g/mol. The molecule has 1 aromatic carbocycles. The van der Waals surface area contributed by atoms with Crippen molar-refractivity contribution in [3.63, 3.8) is 0 Å². The minimum Gasteiger partial charge on any atom is -0.350 e. The molecule has 6 heteroatoms. The van der Waals surface area contributed by atoms with E-state index < -0.39 is 0 Å². The van der Waals surface area contributed by atoms with Gasteiger partial charge in [0.1, 0.15) is 0 Å². The Morgan fingerprint density at radius 3 is 2.59 bits per heavy atom. The van der Waals surface area contributed by atoms with E-state index in [0.717, 1.165) is 12.1 Å². The van der Waals surface area contributed by atoms with Crippen molar-refractivity contribution in [1.29, 1.82) is 0 Å². The molecule has 0 aliphatic carbocycles. The van der Waals surface area contributed by atoms with E-state index in [2.05, 4.69) is 21.6 Å². The van der Waals surface area contributed by atoms with Gasteiger partial charge in [-0.15, -0.1) is 24.8 Å². The van der Waals surface area contributed by atoms with Crippen LogP contribution in [-0.2, 0) is 6.54 Å². The Bertz CT molecular complexity index is 451. The highest BCUT2D eigenvalue weighted by molar-refractivity contribution is 5.94. The molecule has 0 bridgehead atoms. The fourth-order valence-electron chi connectivity index (χ4n) is 2.46. The molecule has 1 aliphatic heterocycles. The lowest BCUT2D eigenvalue weighted by Crippen LogP contribution is -2.37. The number of rotatable bonds is 6. The molecule has 1 heterocycles. The van der Waals surface area contributed by atoms with E-state index in [0.29, 0.717) is 6.54 Å². The number of hydrogen-bond donors (Lipinski definition) is 2. The molecule has 1 aliphatic rings. The molecule has 1 aromatic rings. The normalized spacial score (nSPS) is 15.5. The minimum atomic E-state index is 0. The molecule has 0 radical (unpaired) electrons. The molecule has 2 rings (SSSR count). The van der Waals surface area contributed by atoms with E-state index in [1.165, 1.54) is 31.5 Å². The quantitative estimate of drug-likeness (QED) is 0.830. The van der Waals surface area contributed by atoms with E-state index in [1.54, 1.807) is 0 Å². The number of nitrogens with zero attached hydrogens (tertiary/aromatic N) is 1. The van der Waals surface area contributed by atoms with Crippen molar-refractivity contribution in [1.82, 2.24) is 15.5 Å². The van der Waals surface area contributed by atoms with Crippen LogP contribution in [0.25, 0.3) is 0 Å². The van der Waals surface area contributed by atoms with E-state index in [1.807, 2.05) is 32.2 Å². The molecule has 1 atom stereocenters. The molecule has 126 valence electrons. The van der Waals surface area contributed by atoms with Gasteiger partial charge in [-0.3, -0.25) is 9.69 Å². The summed E-state index contributed by atoms with van der Waals surface area (Å²) in [6, 6.07) is 8.25. The van der Waals surface area contributed by atoms with Crippen LogP contribution in [0, 0.1) is 0 Å². The molecule has 2 N–H and O–H groups in total. The van der Waals surface area contributed by atoms with Crippen molar-refractivity contribution in [3.05, 3.63) is 35.4 Å². The zero-order valence-electron chi connectivity index (χ0n) is 13.3. The Morgan fingerprint density at radius 1 is 1.27 bits per heavy atom. The Labute approximate surface area is 145 Å². The van der Waals surface area contributed by atoms with Crippen LogP contribution in [0.1, 0.15) is 35.7 Å². The lowest BCUT2D eigenvalue weighted by molar-refractivity contribution is 0.0950. The average molecular weight is 348 g/mol. The van der Waals surface area contributed by atoms with Crippen molar-refractivity contribution in [2.24, 2.45) is 0 Å². The predicted molar refractivity (Wildman–Crippen MR) is 96.3 cm³/mol. The van der Waals surface area contributed by atoms with E-state index in [4.69, 9.17) is 0 Å². The summed E-state index contributed by atoms with van der Waals surface area (Å²) in [5.41, 5.74) is 1.98. The number of carbonyl (C=O) groups is 1. The first kappa shape index (κ1) is 21.2. The fourth-order valence-corrected chi connectivity index (χ4v) is 2.46. The largest absolute Gasteiger partial charge is 0.350 e. The highest BCUT2D eigenvalue weighted by atomic mass is 35.5. The summed E-state index contributed by atoms with van der Waals surface area (Å²) in [6.07, 6.45) is 2.59. The molecule has 1 amide bonds. The maximum absolute atomic E-state index is 12.1. The smallest absolute Gasteiger partial charge is 0.251 e. The zero-order chi connectivity index (χ0) is 14.4. The zero-order valence-corrected chi connectivity index (χ0v) is 14.9. The summed E-state index contributed by atoms with van der Waals surface area (Å²) >= 11 is 0. The van der Waals surface area contributed by atoms with Gasteiger partial charge < -0.3 is 10.6 Å². The average Bonchev–Trinajstić information content (AvgIpc) is 2.97. The highest BCUT2D eigenvalue weighted by Gasteiger charge is 2.13. The van der Waals surface area contributed by atoms with E-state index in [9.17, 15) is 4.79 Å². The van der Waals surface area contributed by atoms with Gasteiger partial charge in [0.15, 0.2) is 0 Å². The summed E-state index contributed by atoms with van der Waals surface area (Å²) in [5.74, 6) is 0.00960.